The molecule has 0 spiro atoms. The highest BCUT2D eigenvalue weighted by Crippen LogP contribution is 2.30. The lowest BCUT2D eigenvalue weighted by Gasteiger charge is -2.34. The monoisotopic (exact) mass is 265 g/mol. The Bertz CT molecular complexity index is 378. The maximum absolute atomic E-state index is 5.66. The molecule has 4 heteroatoms. The van der Waals surface area contributed by atoms with Crippen LogP contribution >= 0.6 is 11.3 Å². The lowest BCUT2D eigenvalue weighted by Crippen LogP contribution is -2.46. The Morgan fingerprint density at radius 2 is 1.72 bits per heavy atom. The second-order valence-corrected chi connectivity index (χ2v) is 6.85. The molecule has 1 aliphatic carbocycles. The molecule has 1 aliphatic heterocycles. The van der Waals surface area contributed by atoms with Crippen LogP contribution in [0, 0.1) is 5.92 Å². The fourth-order valence-corrected chi connectivity index (χ4v) is 3.57. The molecule has 1 aromatic heterocycles. The summed E-state index contributed by atoms with van der Waals surface area (Å²) in [6, 6.07) is 4.41. The van der Waals surface area contributed by atoms with Crippen molar-refractivity contribution in [2.75, 3.05) is 32.7 Å². The van der Waals surface area contributed by atoms with Crippen molar-refractivity contribution in [1.82, 2.24) is 9.80 Å². The highest BCUT2D eigenvalue weighted by Gasteiger charge is 2.26. The molecule has 1 saturated heterocycles. The van der Waals surface area contributed by atoms with Crippen LogP contribution in [0.2, 0.25) is 0 Å². The minimum Gasteiger partial charge on any atom is -0.326 e. The maximum Gasteiger partial charge on any atom is 0.0329 e. The molecule has 2 fully saturated rings. The van der Waals surface area contributed by atoms with Crippen molar-refractivity contribution in [1.29, 1.82) is 0 Å². The molecule has 0 atom stereocenters. The first-order valence-electron chi connectivity index (χ1n) is 7.06. The van der Waals surface area contributed by atoms with Crippen LogP contribution in [0.4, 0.5) is 0 Å². The van der Waals surface area contributed by atoms with E-state index >= 15 is 0 Å². The van der Waals surface area contributed by atoms with E-state index in [-0.39, 0.29) is 0 Å². The second-order valence-electron chi connectivity index (χ2n) is 5.59. The third kappa shape index (κ3) is 3.32. The number of hydrogen-bond donors (Lipinski definition) is 1. The van der Waals surface area contributed by atoms with E-state index < -0.39 is 0 Å². The topological polar surface area (TPSA) is 32.5 Å². The molecule has 1 aromatic rings. The van der Waals surface area contributed by atoms with Crippen LogP contribution in [-0.2, 0) is 13.1 Å². The van der Waals surface area contributed by atoms with Crippen molar-refractivity contribution in [3.05, 3.63) is 21.9 Å². The largest absolute Gasteiger partial charge is 0.326 e. The van der Waals surface area contributed by atoms with Gasteiger partial charge in [0.05, 0.1) is 0 Å². The van der Waals surface area contributed by atoms with Crippen LogP contribution in [0.1, 0.15) is 22.6 Å². The molecular formula is C14H23N3S. The van der Waals surface area contributed by atoms with E-state index in [2.05, 4.69) is 21.9 Å². The van der Waals surface area contributed by atoms with Gasteiger partial charge in [0, 0.05) is 55.6 Å². The molecule has 100 valence electrons. The Kier molecular flexibility index (Phi) is 3.99. The minimum atomic E-state index is 0.680. The summed E-state index contributed by atoms with van der Waals surface area (Å²) in [7, 11) is 0. The van der Waals surface area contributed by atoms with Crippen LogP contribution < -0.4 is 5.73 Å². The van der Waals surface area contributed by atoms with Gasteiger partial charge in [-0.15, -0.1) is 11.3 Å². The molecule has 3 rings (SSSR count). The summed E-state index contributed by atoms with van der Waals surface area (Å²) in [5.74, 6) is 1.03. The van der Waals surface area contributed by atoms with Gasteiger partial charge in [-0.05, 0) is 30.9 Å². The first kappa shape index (κ1) is 12.6. The molecule has 0 unspecified atom stereocenters. The summed E-state index contributed by atoms with van der Waals surface area (Å²) in [6.07, 6.45) is 2.94. The van der Waals surface area contributed by atoms with E-state index in [1.807, 2.05) is 11.3 Å². The summed E-state index contributed by atoms with van der Waals surface area (Å²) >= 11 is 1.87. The number of piperazine rings is 1. The van der Waals surface area contributed by atoms with Crippen molar-refractivity contribution in [3.63, 3.8) is 0 Å². The molecule has 0 aromatic carbocycles. The third-order valence-corrected chi connectivity index (χ3v) is 5.07. The summed E-state index contributed by atoms with van der Waals surface area (Å²) in [6.45, 7) is 8.11. The summed E-state index contributed by atoms with van der Waals surface area (Å²) < 4.78 is 0. The van der Waals surface area contributed by atoms with Gasteiger partial charge in [-0.25, -0.2) is 0 Å². The van der Waals surface area contributed by atoms with E-state index in [1.54, 1.807) is 0 Å². The summed E-state index contributed by atoms with van der Waals surface area (Å²) in [5, 5.41) is 0. The van der Waals surface area contributed by atoms with Crippen molar-refractivity contribution in [2.24, 2.45) is 11.7 Å². The molecule has 2 N–H and O–H groups in total. The molecule has 18 heavy (non-hydrogen) atoms. The van der Waals surface area contributed by atoms with Crippen molar-refractivity contribution >= 4 is 11.3 Å². The smallest absolute Gasteiger partial charge is 0.0329 e. The summed E-state index contributed by atoms with van der Waals surface area (Å²) in [4.78, 5) is 7.99. The van der Waals surface area contributed by atoms with E-state index in [4.69, 9.17) is 5.73 Å². The molecule has 1 saturated carbocycles. The first-order valence-corrected chi connectivity index (χ1v) is 7.87. The van der Waals surface area contributed by atoms with Crippen LogP contribution in [0.3, 0.4) is 0 Å². The van der Waals surface area contributed by atoms with Gasteiger partial charge in [0.2, 0.25) is 0 Å². The van der Waals surface area contributed by atoms with Crippen molar-refractivity contribution in [2.45, 2.75) is 25.9 Å². The molecule has 0 radical (unpaired) electrons. The van der Waals surface area contributed by atoms with E-state index in [0.717, 1.165) is 12.5 Å². The quantitative estimate of drug-likeness (QED) is 0.880. The van der Waals surface area contributed by atoms with E-state index in [0.29, 0.717) is 6.54 Å². The molecule has 0 bridgehead atoms. The Morgan fingerprint density at radius 1 is 1.06 bits per heavy atom. The lowest BCUT2D eigenvalue weighted by atomic mass is 10.2. The van der Waals surface area contributed by atoms with Gasteiger partial charge in [-0.1, -0.05) is 0 Å². The van der Waals surface area contributed by atoms with E-state index in [9.17, 15) is 0 Å². The zero-order valence-electron chi connectivity index (χ0n) is 11.0. The Hall–Kier alpha value is -0.420. The number of thiophene rings is 1. The van der Waals surface area contributed by atoms with Crippen LogP contribution in [0.15, 0.2) is 12.1 Å². The SMILES string of the molecule is NCc1ccc(CN2CCN(CC3CC3)CC2)s1. The Labute approximate surface area is 114 Å². The standard InChI is InChI=1S/C14H23N3S/c15-9-13-3-4-14(18-13)11-17-7-5-16(6-8-17)10-12-1-2-12/h3-4,12H,1-2,5-11,15H2. The fraction of sp³-hybridized carbons (Fsp3) is 0.714. The van der Waals surface area contributed by atoms with Crippen molar-refractivity contribution < 1.29 is 0 Å². The van der Waals surface area contributed by atoms with Gasteiger partial charge in [0.15, 0.2) is 0 Å². The molecule has 2 aliphatic rings. The highest BCUT2D eigenvalue weighted by molar-refractivity contribution is 7.11. The number of rotatable bonds is 5. The number of nitrogens with zero attached hydrogens (tertiary/aromatic N) is 2. The normalized spacial score (nSPS) is 22.5. The zero-order valence-corrected chi connectivity index (χ0v) is 11.8. The Morgan fingerprint density at radius 3 is 2.33 bits per heavy atom. The van der Waals surface area contributed by atoms with Gasteiger partial charge >= 0.3 is 0 Å². The lowest BCUT2D eigenvalue weighted by molar-refractivity contribution is 0.124. The van der Waals surface area contributed by atoms with Gasteiger partial charge < -0.3 is 10.6 Å². The maximum atomic E-state index is 5.66. The average Bonchev–Trinajstić information content (AvgIpc) is 3.09. The predicted octanol–water partition coefficient (Wildman–Crippen LogP) is 1.73. The number of nitrogens with two attached hydrogens (primary N) is 1. The fourth-order valence-electron chi connectivity index (χ4n) is 2.63. The van der Waals surface area contributed by atoms with Crippen LogP contribution in [-0.4, -0.2) is 42.5 Å². The second kappa shape index (κ2) is 5.70. The van der Waals surface area contributed by atoms with Gasteiger partial charge in [-0.2, -0.15) is 0 Å². The Balaban J connectivity index is 1.44. The molecular weight excluding hydrogens is 242 g/mol. The van der Waals surface area contributed by atoms with Crippen molar-refractivity contribution in [3.8, 4) is 0 Å². The van der Waals surface area contributed by atoms with Gasteiger partial charge in [-0.3, -0.25) is 4.90 Å². The minimum absolute atomic E-state index is 0.680. The molecule has 3 nitrogen and oxygen atoms in total. The highest BCUT2D eigenvalue weighted by atomic mass is 32.1. The first-order chi connectivity index (χ1) is 8.83. The predicted molar refractivity (Wildman–Crippen MR) is 76.7 cm³/mol. The molecule has 2 heterocycles. The zero-order chi connectivity index (χ0) is 12.4. The molecule has 0 amide bonds. The number of hydrogen-bond acceptors (Lipinski definition) is 4. The summed E-state index contributed by atoms with van der Waals surface area (Å²) in [5.41, 5.74) is 5.66. The van der Waals surface area contributed by atoms with Crippen LogP contribution in [0.25, 0.3) is 0 Å². The van der Waals surface area contributed by atoms with Gasteiger partial charge in [0.25, 0.3) is 0 Å². The average molecular weight is 265 g/mol. The third-order valence-electron chi connectivity index (χ3n) is 3.98. The van der Waals surface area contributed by atoms with Gasteiger partial charge in [0.1, 0.15) is 0 Å². The van der Waals surface area contributed by atoms with Crippen LogP contribution in [0.5, 0.6) is 0 Å². The van der Waals surface area contributed by atoms with E-state index in [1.165, 1.54) is 55.3 Å².